The zero-order valence-corrected chi connectivity index (χ0v) is 12.2. The van der Waals surface area contributed by atoms with E-state index in [2.05, 4.69) is 18.8 Å². The van der Waals surface area contributed by atoms with Gasteiger partial charge in [0, 0.05) is 30.9 Å². The molecule has 0 spiro atoms. The normalized spacial score (nSPS) is 10.7. The summed E-state index contributed by atoms with van der Waals surface area (Å²) in [5.74, 6) is 0.349. The quantitative estimate of drug-likeness (QED) is 0.750. The molecule has 0 saturated carbocycles. The zero-order valence-electron chi connectivity index (χ0n) is 10.7. The Bertz CT molecular complexity index is 394. The van der Waals surface area contributed by atoms with Gasteiger partial charge in [-0.3, -0.25) is 9.78 Å². The Morgan fingerprint density at radius 3 is 2.61 bits per heavy atom. The van der Waals surface area contributed by atoms with Gasteiger partial charge >= 0.3 is 0 Å². The smallest absolute Gasteiger partial charge is 0.255 e. The van der Waals surface area contributed by atoms with Crippen LogP contribution < -0.4 is 0 Å². The maximum Gasteiger partial charge on any atom is 0.255 e. The highest BCUT2D eigenvalue weighted by Crippen LogP contribution is 2.19. The molecule has 0 N–H and O–H groups in total. The molecule has 0 aliphatic heterocycles. The molecule has 0 aliphatic rings. The standard InChI is InChI=1S/C13H18Cl2N2O/c1-3-10(4-2)17(8-6-14)13(18)11-5-7-16-9-12(11)15/h5,7,9-10H,3-4,6,8H2,1-2H3. The van der Waals surface area contributed by atoms with Gasteiger partial charge in [0.2, 0.25) is 0 Å². The van der Waals surface area contributed by atoms with Crippen LogP contribution in [0.4, 0.5) is 0 Å². The topological polar surface area (TPSA) is 33.2 Å². The number of rotatable bonds is 6. The lowest BCUT2D eigenvalue weighted by Crippen LogP contribution is -2.41. The summed E-state index contributed by atoms with van der Waals surface area (Å²) in [6, 6.07) is 1.84. The van der Waals surface area contributed by atoms with Gasteiger partial charge in [-0.2, -0.15) is 0 Å². The second-order valence-corrected chi connectivity index (χ2v) is 4.80. The minimum Gasteiger partial charge on any atom is -0.334 e. The van der Waals surface area contributed by atoms with Crippen LogP contribution >= 0.6 is 23.2 Å². The summed E-state index contributed by atoms with van der Waals surface area (Å²) in [7, 11) is 0. The minimum atomic E-state index is -0.0725. The van der Waals surface area contributed by atoms with E-state index in [4.69, 9.17) is 23.2 Å². The summed E-state index contributed by atoms with van der Waals surface area (Å²) in [6.45, 7) is 4.67. The molecule has 0 fully saturated rings. The van der Waals surface area contributed by atoms with Crippen molar-refractivity contribution in [2.24, 2.45) is 0 Å². The van der Waals surface area contributed by atoms with E-state index in [1.807, 2.05) is 0 Å². The Balaban J connectivity index is 2.99. The van der Waals surface area contributed by atoms with E-state index in [-0.39, 0.29) is 11.9 Å². The largest absolute Gasteiger partial charge is 0.334 e. The number of hydrogen-bond donors (Lipinski definition) is 0. The third kappa shape index (κ3) is 3.59. The third-order valence-electron chi connectivity index (χ3n) is 2.97. The van der Waals surface area contributed by atoms with Crippen molar-refractivity contribution in [1.82, 2.24) is 9.88 Å². The van der Waals surface area contributed by atoms with Crippen molar-refractivity contribution in [3.8, 4) is 0 Å². The number of alkyl halides is 1. The lowest BCUT2D eigenvalue weighted by atomic mass is 10.1. The van der Waals surface area contributed by atoms with Crippen LogP contribution in [0.5, 0.6) is 0 Å². The first-order valence-electron chi connectivity index (χ1n) is 6.12. The summed E-state index contributed by atoms with van der Waals surface area (Å²) < 4.78 is 0. The monoisotopic (exact) mass is 288 g/mol. The van der Waals surface area contributed by atoms with E-state index in [0.717, 1.165) is 12.8 Å². The van der Waals surface area contributed by atoms with E-state index < -0.39 is 0 Å². The molecule has 1 heterocycles. The first kappa shape index (κ1) is 15.3. The van der Waals surface area contributed by atoms with Crippen LogP contribution in [0.15, 0.2) is 18.5 Å². The molecule has 0 bridgehead atoms. The molecule has 5 heteroatoms. The molecule has 1 aromatic heterocycles. The van der Waals surface area contributed by atoms with Crippen molar-refractivity contribution in [2.45, 2.75) is 32.7 Å². The Hall–Kier alpha value is -0.800. The molecule has 100 valence electrons. The fourth-order valence-corrected chi connectivity index (χ4v) is 2.36. The fraction of sp³-hybridized carbons (Fsp3) is 0.538. The summed E-state index contributed by atoms with van der Waals surface area (Å²) in [4.78, 5) is 18.2. The highest BCUT2D eigenvalue weighted by atomic mass is 35.5. The first-order chi connectivity index (χ1) is 8.65. The number of pyridine rings is 1. The number of aromatic nitrogens is 1. The van der Waals surface area contributed by atoms with Crippen LogP contribution in [0.25, 0.3) is 0 Å². The Morgan fingerprint density at radius 1 is 1.44 bits per heavy atom. The lowest BCUT2D eigenvalue weighted by molar-refractivity contribution is 0.0681. The molecule has 0 saturated heterocycles. The molecule has 0 atom stereocenters. The number of carbonyl (C=O) groups excluding carboxylic acids is 1. The summed E-state index contributed by atoms with van der Waals surface area (Å²) >= 11 is 11.8. The average Bonchev–Trinajstić information content (AvgIpc) is 2.39. The molecule has 18 heavy (non-hydrogen) atoms. The van der Waals surface area contributed by atoms with Gasteiger partial charge < -0.3 is 4.90 Å². The van der Waals surface area contributed by atoms with Crippen molar-refractivity contribution < 1.29 is 4.79 Å². The molecular weight excluding hydrogens is 271 g/mol. The van der Waals surface area contributed by atoms with Crippen molar-refractivity contribution >= 4 is 29.1 Å². The van der Waals surface area contributed by atoms with Crippen molar-refractivity contribution in [3.05, 3.63) is 29.0 Å². The van der Waals surface area contributed by atoms with Gasteiger partial charge in [-0.05, 0) is 18.9 Å². The predicted octanol–water partition coefficient (Wildman–Crippen LogP) is 3.60. The molecule has 1 aromatic rings. The molecule has 0 radical (unpaired) electrons. The highest BCUT2D eigenvalue weighted by molar-refractivity contribution is 6.33. The van der Waals surface area contributed by atoms with Gasteiger partial charge in [-0.25, -0.2) is 0 Å². The first-order valence-corrected chi connectivity index (χ1v) is 7.03. The highest BCUT2D eigenvalue weighted by Gasteiger charge is 2.23. The molecule has 0 aromatic carbocycles. The Kier molecular flexibility index (Phi) is 6.44. The molecule has 1 rings (SSSR count). The number of nitrogens with zero attached hydrogens (tertiary/aromatic N) is 2. The van der Waals surface area contributed by atoms with Crippen molar-refractivity contribution in [1.29, 1.82) is 0 Å². The zero-order chi connectivity index (χ0) is 13.5. The number of halogens is 2. The van der Waals surface area contributed by atoms with Crippen molar-refractivity contribution in [2.75, 3.05) is 12.4 Å². The lowest BCUT2D eigenvalue weighted by Gasteiger charge is -2.30. The van der Waals surface area contributed by atoms with E-state index >= 15 is 0 Å². The fourth-order valence-electron chi connectivity index (χ4n) is 1.97. The number of carbonyl (C=O) groups is 1. The number of hydrogen-bond acceptors (Lipinski definition) is 2. The second-order valence-electron chi connectivity index (χ2n) is 4.01. The minimum absolute atomic E-state index is 0.0725. The predicted molar refractivity (Wildman–Crippen MR) is 75.4 cm³/mol. The third-order valence-corrected chi connectivity index (χ3v) is 3.44. The average molecular weight is 289 g/mol. The van der Waals surface area contributed by atoms with E-state index in [9.17, 15) is 4.79 Å². The van der Waals surface area contributed by atoms with E-state index in [0.29, 0.717) is 23.0 Å². The van der Waals surface area contributed by atoms with Crippen LogP contribution in [0.1, 0.15) is 37.0 Å². The maximum atomic E-state index is 12.5. The summed E-state index contributed by atoms with van der Waals surface area (Å²) in [5, 5.41) is 0.382. The van der Waals surface area contributed by atoms with E-state index in [1.165, 1.54) is 6.20 Å². The van der Waals surface area contributed by atoms with Crippen LogP contribution in [-0.4, -0.2) is 34.3 Å². The Morgan fingerprint density at radius 2 is 2.11 bits per heavy atom. The Labute approximate surface area is 118 Å². The van der Waals surface area contributed by atoms with Gasteiger partial charge in [0.15, 0.2) is 0 Å². The van der Waals surface area contributed by atoms with Crippen LogP contribution in [-0.2, 0) is 0 Å². The SMILES string of the molecule is CCC(CC)N(CCCl)C(=O)c1ccncc1Cl. The molecule has 3 nitrogen and oxygen atoms in total. The van der Waals surface area contributed by atoms with Gasteiger partial charge in [-0.15, -0.1) is 11.6 Å². The summed E-state index contributed by atoms with van der Waals surface area (Å²) in [6.07, 6.45) is 4.87. The van der Waals surface area contributed by atoms with Crippen LogP contribution in [0.2, 0.25) is 5.02 Å². The number of amides is 1. The van der Waals surface area contributed by atoms with Crippen molar-refractivity contribution in [3.63, 3.8) is 0 Å². The summed E-state index contributed by atoms with van der Waals surface area (Å²) in [5.41, 5.74) is 0.490. The molecule has 0 aliphatic carbocycles. The van der Waals surface area contributed by atoms with E-state index in [1.54, 1.807) is 17.2 Å². The van der Waals surface area contributed by atoms with Crippen LogP contribution in [0, 0.1) is 0 Å². The second kappa shape index (κ2) is 7.59. The molecule has 1 amide bonds. The van der Waals surface area contributed by atoms with Gasteiger partial charge in [0.25, 0.3) is 5.91 Å². The maximum absolute atomic E-state index is 12.5. The van der Waals surface area contributed by atoms with Gasteiger partial charge in [0.1, 0.15) is 0 Å². The molecular formula is C13H18Cl2N2O. The van der Waals surface area contributed by atoms with Crippen LogP contribution in [0.3, 0.4) is 0 Å². The van der Waals surface area contributed by atoms with Gasteiger partial charge in [-0.1, -0.05) is 25.4 Å². The van der Waals surface area contributed by atoms with Gasteiger partial charge in [0.05, 0.1) is 10.6 Å². The molecule has 0 unspecified atom stereocenters.